The lowest BCUT2D eigenvalue weighted by Gasteiger charge is -2.29. The molecule has 1 fully saturated rings. The number of hydrogen-bond acceptors (Lipinski definition) is 5. The maximum Gasteiger partial charge on any atom is 0.248 e. The van der Waals surface area contributed by atoms with E-state index in [0.29, 0.717) is 11.3 Å². The third-order valence-corrected chi connectivity index (χ3v) is 5.09. The van der Waals surface area contributed by atoms with Crippen molar-refractivity contribution in [2.45, 2.75) is 6.92 Å². The predicted molar refractivity (Wildman–Crippen MR) is 123 cm³/mol. The number of rotatable bonds is 6. The van der Waals surface area contributed by atoms with E-state index in [9.17, 15) is 9.18 Å². The fourth-order valence-electron chi connectivity index (χ4n) is 3.39. The molecular formula is C25H24FN3O3. The van der Waals surface area contributed by atoms with E-state index in [1.807, 2.05) is 19.1 Å². The molecule has 2 heterocycles. The number of ether oxygens (including phenoxy) is 2. The van der Waals surface area contributed by atoms with Gasteiger partial charge in [0, 0.05) is 36.7 Å². The molecule has 1 aromatic heterocycles. The predicted octanol–water partition coefficient (Wildman–Crippen LogP) is 4.81. The summed E-state index contributed by atoms with van der Waals surface area (Å²) in [6.07, 6.45) is 6.06. The number of carbonyl (C=O) groups is 1. The second kappa shape index (κ2) is 10.1. The summed E-state index contributed by atoms with van der Waals surface area (Å²) in [6.45, 7) is 5.12. The van der Waals surface area contributed by atoms with Gasteiger partial charge in [-0.1, -0.05) is 6.07 Å². The van der Waals surface area contributed by atoms with Crippen LogP contribution in [0.15, 0.2) is 67.0 Å². The largest absolute Gasteiger partial charge is 0.453 e. The van der Waals surface area contributed by atoms with Crippen LogP contribution in [0.4, 0.5) is 15.8 Å². The van der Waals surface area contributed by atoms with Crippen LogP contribution in [0.5, 0.6) is 11.5 Å². The number of aromatic nitrogens is 1. The minimum absolute atomic E-state index is 0.0931. The zero-order valence-electron chi connectivity index (χ0n) is 17.8. The third-order valence-electron chi connectivity index (χ3n) is 5.09. The molecule has 1 amide bonds. The average Bonchev–Trinajstić information content (AvgIpc) is 2.82. The second-order valence-electron chi connectivity index (χ2n) is 7.40. The number of benzene rings is 2. The Balaban J connectivity index is 1.37. The number of halogens is 1. The van der Waals surface area contributed by atoms with Crippen molar-refractivity contribution in [3.63, 3.8) is 0 Å². The van der Waals surface area contributed by atoms with E-state index in [1.54, 1.807) is 30.5 Å². The molecular weight excluding hydrogens is 409 g/mol. The van der Waals surface area contributed by atoms with Crippen LogP contribution in [0.3, 0.4) is 0 Å². The summed E-state index contributed by atoms with van der Waals surface area (Å²) in [5, 5.41) is 2.87. The standard InChI is InChI=1S/C25H24FN3O3/c1-18-15-20(29-11-13-31-14-12-29)6-7-23(18)28-25(30)9-5-19-4-8-24(22(26)16-19)32-21-3-2-10-27-17-21/h2-10,15-17H,11-14H2,1H3,(H,28,30)/b9-5+. The van der Waals surface area contributed by atoms with Crippen molar-refractivity contribution in [3.8, 4) is 11.5 Å². The first kappa shape index (κ1) is 21.5. The molecule has 1 aliphatic rings. The summed E-state index contributed by atoms with van der Waals surface area (Å²) in [4.78, 5) is 18.6. The Morgan fingerprint density at radius 3 is 2.75 bits per heavy atom. The van der Waals surface area contributed by atoms with Gasteiger partial charge in [0.1, 0.15) is 5.75 Å². The van der Waals surface area contributed by atoms with Gasteiger partial charge in [-0.05, 0) is 66.6 Å². The van der Waals surface area contributed by atoms with E-state index < -0.39 is 5.82 Å². The van der Waals surface area contributed by atoms with Crippen LogP contribution >= 0.6 is 0 Å². The smallest absolute Gasteiger partial charge is 0.248 e. The lowest BCUT2D eigenvalue weighted by molar-refractivity contribution is -0.111. The first-order valence-corrected chi connectivity index (χ1v) is 10.4. The van der Waals surface area contributed by atoms with Gasteiger partial charge in [-0.3, -0.25) is 9.78 Å². The molecule has 0 atom stereocenters. The number of anilines is 2. The molecule has 0 bridgehead atoms. The summed E-state index contributed by atoms with van der Waals surface area (Å²) in [5.41, 5.74) is 3.38. The number of carbonyl (C=O) groups excluding carboxylic acids is 1. The van der Waals surface area contributed by atoms with Crippen molar-refractivity contribution in [1.82, 2.24) is 4.98 Å². The number of nitrogens with one attached hydrogen (secondary N) is 1. The highest BCUT2D eigenvalue weighted by Crippen LogP contribution is 2.25. The second-order valence-corrected chi connectivity index (χ2v) is 7.40. The van der Waals surface area contributed by atoms with E-state index in [2.05, 4.69) is 21.3 Å². The zero-order valence-corrected chi connectivity index (χ0v) is 17.8. The Bertz CT molecular complexity index is 1110. The normalized spacial score (nSPS) is 13.9. The third kappa shape index (κ3) is 5.50. The molecule has 0 saturated carbocycles. The monoisotopic (exact) mass is 433 g/mol. The van der Waals surface area contributed by atoms with Gasteiger partial charge in [0.15, 0.2) is 11.6 Å². The molecule has 7 heteroatoms. The van der Waals surface area contributed by atoms with Crippen molar-refractivity contribution in [2.75, 3.05) is 36.5 Å². The van der Waals surface area contributed by atoms with Crippen molar-refractivity contribution in [3.05, 3.63) is 83.9 Å². The SMILES string of the molecule is Cc1cc(N2CCOCC2)ccc1NC(=O)/C=C/c1ccc(Oc2cccnc2)c(F)c1. The van der Waals surface area contributed by atoms with Crippen molar-refractivity contribution in [1.29, 1.82) is 0 Å². The van der Waals surface area contributed by atoms with Crippen LogP contribution in [0, 0.1) is 12.7 Å². The molecule has 4 rings (SSSR count). The lowest BCUT2D eigenvalue weighted by atomic mass is 10.1. The van der Waals surface area contributed by atoms with Crippen molar-refractivity contribution in [2.24, 2.45) is 0 Å². The van der Waals surface area contributed by atoms with Crippen LogP contribution in [0.1, 0.15) is 11.1 Å². The molecule has 0 aliphatic carbocycles. The molecule has 1 saturated heterocycles. The molecule has 0 unspecified atom stereocenters. The van der Waals surface area contributed by atoms with Gasteiger partial charge >= 0.3 is 0 Å². The van der Waals surface area contributed by atoms with Crippen LogP contribution in [-0.4, -0.2) is 37.2 Å². The van der Waals surface area contributed by atoms with Crippen LogP contribution in [0.25, 0.3) is 6.08 Å². The van der Waals surface area contributed by atoms with Gasteiger partial charge in [0.05, 0.1) is 19.4 Å². The highest BCUT2D eigenvalue weighted by Gasteiger charge is 2.12. The number of morpholine rings is 1. The Morgan fingerprint density at radius 1 is 1.19 bits per heavy atom. The summed E-state index contributed by atoms with van der Waals surface area (Å²) in [5.74, 6) is -0.270. The summed E-state index contributed by atoms with van der Waals surface area (Å²) in [7, 11) is 0. The van der Waals surface area contributed by atoms with Gasteiger partial charge in [-0.15, -0.1) is 0 Å². The minimum Gasteiger partial charge on any atom is -0.453 e. The molecule has 1 N–H and O–H groups in total. The minimum atomic E-state index is -0.522. The van der Waals surface area contributed by atoms with E-state index in [1.165, 1.54) is 24.4 Å². The molecule has 0 radical (unpaired) electrons. The fraction of sp³-hybridized carbons (Fsp3) is 0.200. The van der Waals surface area contributed by atoms with E-state index in [-0.39, 0.29) is 11.7 Å². The summed E-state index contributed by atoms with van der Waals surface area (Å²) < 4.78 is 25.2. The quantitative estimate of drug-likeness (QED) is 0.565. The molecule has 164 valence electrons. The fourth-order valence-corrected chi connectivity index (χ4v) is 3.39. The average molecular weight is 433 g/mol. The van der Waals surface area contributed by atoms with Gasteiger partial charge in [0.2, 0.25) is 5.91 Å². The van der Waals surface area contributed by atoms with Gasteiger partial charge in [-0.2, -0.15) is 0 Å². The first-order chi connectivity index (χ1) is 15.6. The first-order valence-electron chi connectivity index (χ1n) is 10.4. The Kier molecular flexibility index (Phi) is 6.77. The highest BCUT2D eigenvalue weighted by molar-refractivity contribution is 6.02. The van der Waals surface area contributed by atoms with Crippen molar-refractivity contribution >= 4 is 23.4 Å². The topological polar surface area (TPSA) is 63.7 Å². The van der Waals surface area contributed by atoms with Gasteiger partial charge in [0.25, 0.3) is 0 Å². The number of hydrogen-bond donors (Lipinski definition) is 1. The Hall–Kier alpha value is -3.71. The van der Waals surface area contributed by atoms with E-state index in [4.69, 9.17) is 9.47 Å². The van der Waals surface area contributed by atoms with Crippen LogP contribution in [-0.2, 0) is 9.53 Å². The van der Waals surface area contributed by atoms with Crippen LogP contribution < -0.4 is 15.0 Å². The molecule has 6 nitrogen and oxygen atoms in total. The number of aryl methyl sites for hydroxylation is 1. The van der Waals surface area contributed by atoms with Gasteiger partial charge in [-0.25, -0.2) is 4.39 Å². The van der Waals surface area contributed by atoms with Crippen molar-refractivity contribution < 1.29 is 18.7 Å². The number of nitrogens with zero attached hydrogens (tertiary/aromatic N) is 2. The molecule has 32 heavy (non-hydrogen) atoms. The Morgan fingerprint density at radius 2 is 2.03 bits per heavy atom. The number of pyridine rings is 1. The maximum absolute atomic E-state index is 14.4. The maximum atomic E-state index is 14.4. The molecule has 3 aromatic rings. The number of amides is 1. The van der Waals surface area contributed by atoms with Crippen LogP contribution in [0.2, 0.25) is 0 Å². The van der Waals surface area contributed by atoms with E-state index in [0.717, 1.165) is 43.2 Å². The lowest BCUT2D eigenvalue weighted by Crippen LogP contribution is -2.36. The molecule has 0 spiro atoms. The highest BCUT2D eigenvalue weighted by atomic mass is 19.1. The van der Waals surface area contributed by atoms with Gasteiger partial charge < -0.3 is 19.7 Å². The molecule has 1 aliphatic heterocycles. The Labute approximate surface area is 186 Å². The van der Waals surface area contributed by atoms with E-state index >= 15 is 0 Å². The summed E-state index contributed by atoms with van der Waals surface area (Å²) in [6, 6.07) is 13.9. The summed E-state index contributed by atoms with van der Waals surface area (Å²) >= 11 is 0. The zero-order chi connectivity index (χ0) is 22.3. The molecule has 2 aromatic carbocycles.